The van der Waals surface area contributed by atoms with E-state index in [9.17, 15) is 0 Å². The van der Waals surface area contributed by atoms with Gasteiger partial charge < -0.3 is 20.1 Å². The van der Waals surface area contributed by atoms with Crippen molar-refractivity contribution in [3.63, 3.8) is 0 Å². The molecule has 1 saturated heterocycles. The molecule has 0 aliphatic carbocycles. The number of ether oxygens (including phenoxy) is 2. The van der Waals surface area contributed by atoms with Gasteiger partial charge in [-0.1, -0.05) is 6.07 Å². The van der Waals surface area contributed by atoms with Gasteiger partial charge in [0, 0.05) is 5.54 Å². The van der Waals surface area contributed by atoms with Crippen molar-refractivity contribution < 1.29 is 9.47 Å². The molecule has 0 saturated carbocycles. The molecule has 0 amide bonds. The average Bonchev–Trinajstić information content (AvgIpc) is 2.94. The summed E-state index contributed by atoms with van der Waals surface area (Å²) in [6, 6.07) is 6.23. The molecule has 1 aromatic carbocycles. The van der Waals surface area contributed by atoms with Gasteiger partial charge in [0.25, 0.3) is 0 Å². The standard InChI is InChI=1S/C16H24N2O2/c1-16(2,18-10-12-5-7-17-8-6-12)13-3-4-14-15(9-13)20-11-19-14/h3-4,9,12,17-18H,5-8,10-11H2,1-2H3. The van der Waals surface area contributed by atoms with E-state index in [1.807, 2.05) is 6.07 Å². The molecule has 2 heterocycles. The summed E-state index contributed by atoms with van der Waals surface area (Å²) in [6.45, 7) is 8.16. The molecule has 0 unspecified atom stereocenters. The third-order valence-electron chi connectivity index (χ3n) is 4.39. The maximum atomic E-state index is 5.47. The zero-order chi connectivity index (χ0) is 14.0. The van der Waals surface area contributed by atoms with Crippen LogP contribution in [0, 0.1) is 5.92 Å². The Morgan fingerprint density at radius 2 is 1.95 bits per heavy atom. The van der Waals surface area contributed by atoms with E-state index in [0.29, 0.717) is 6.79 Å². The molecule has 110 valence electrons. The zero-order valence-corrected chi connectivity index (χ0v) is 12.4. The monoisotopic (exact) mass is 276 g/mol. The van der Waals surface area contributed by atoms with E-state index in [4.69, 9.17) is 9.47 Å². The topological polar surface area (TPSA) is 42.5 Å². The number of rotatable bonds is 4. The quantitative estimate of drug-likeness (QED) is 0.885. The molecule has 0 radical (unpaired) electrons. The summed E-state index contributed by atoms with van der Waals surface area (Å²) in [5.74, 6) is 2.49. The van der Waals surface area contributed by atoms with Gasteiger partial charge in [0.05, 0.1) is 0 Å². The Hall–Kier alpha value is -1.26. The normalized spacial score (nSPS) is 19.3. The molecule has 4 heteroatoms. The first-order chi connectivity index (χ1) is 9.65. The molecule has 20 heavy (non-hydrogen) atoms. The molecule has 0 atom stereocenters. The molecular weight excluding hydrogens is 252 g/mol. The van der Waals surface area contributed by atoms with Crippen molar-refractivity contribution in [1.29, 1.82) is 0 Å². The summed E-state index contributed by atoms with van der Waals surface area (Å²) in [6.07, 6.45) is 2.54. The Bertz CT molecular complexity index is 468. The number of benzene rings is 1. The van der Waals surface area contributed by atoms with Crippen LogP contribution in [0.4, 0.5) is 0 Å². The van der Waals surface area contributed by atoms with Gasteiger partial charge in [-0.3, -0.25) is 0 Å². The van der Waals surface area contributed by atoms with E-state index in [1.54, 1.807) is 0 Å². The van der Waals surface area contributed by atoms with Gasteiger partial charge in [0.15, 0.2) is 11.5 Å². The van der Waals surface area contributed by atoms with Crippen molar-refractivity contribution in [1.82, 2.24) is 10.6 Å². The summed E-state index contributed by atoms with van der Waals surface area (Å²) in [5, 5.41) is 7.13. The number of hydrogen-bond donors (Lipinski definition) is 2. The molecular formula is C16H24N2O2. The molecule has 0 bridgehead atoms. The van der Waals surface area contributed by atoms with Gasteiger partial charge in [-0.15, -0.1) is 0 Å². The van der Waals surface area contributed by atoms with Crippen LogP contribution in [0.5, 0.6) is 11.5 Å². The van der Waals surface area contributed by atoms with Crippen molar-refractivity contribution >= 4 is 0 Å². The second-order valence-electron chi connectivity index (χ2n) is 6.27. The Labute approximate surface area is 120 Å². The molecule has 2 N–H and O–H groups in total. The smallest absolute Gasteiger partial charge is 0.231 e. The maximum Gasteiger partial charge on any atom is 0.231 e. The fraction of sp³-hybridized carbons (Fsp3) is 0.625. The minimum Gasteiger partial charge on any atom is -0.454 e. The Kier molecular flexibility index (Phi) is 3.85. The minimum atomic E-state index is -0.0497. The molecule has 2 aliphatic heterocycles. The number of hydrogen-bond acceptors (Lipinski definition) is 4. The van der Waals surface area contributed by atoms with Crippen LogP contribution in [0.2, 0.25) is 0 Å². The van der Waals surface area contributed by atoms with E-state index in [0.717, 1.165) is 37.1 Å². The number of nitrogens with one attached hydrogen (secondary N) is 2. The first kappa shape index (κ1) is 13.7. The lowest BCUT2D eigenvalue weighted by Gasteiger charge is -2.31. The Morgan fingerprint density at radius 3 is 2.75 bits per heavy atom. The third kappa shape index (κ3) is 2.91. The number of piperidine rings is 1. The van der Waals surface area contributed by atoms with E-state index >= 15 is 0 Å². The van der Waals surface area contributed by atoms with Crippen molar-refractivity contribution in [3.8, 4) is 11.5 Å². The van der Waals surface area contributed by atoms with E-state index in [1.165, 1.54) is 18.4 Å². The molecule has 0 spiro atoms. The van der Waals surface area contributed by atoms with Crippen molar-refractivity contribution in [2.75, 3.05) is 26.4 Å². The zero-order valence-electron chi connectivity index (χ0n) is 12.4. The van der Waals surface area contributed by atoms with Crippen molar-refractivity contribution in [2.24, 2.45) is 5.92 Å². The van der Waals surface area contributed by atoms with Crippen LogP contribution in [0.1, 0.15) is 32.3 Å². The van der Waals surface area contributed by atoms with Crippen LogP contribution in [-0.2, 0) is 5.54 Å². The van der Waals surface area contributed by atoms with Crippen LogP contribution >= 0.6 is 0 Å². The fourth-order valence-electron chi connectivity index (χ4n) is 2.87. The minimum absolute atomic E-state index is 0.0497. The van der Waals surface area contributed by atoms with Gasteiger partial charge in [-0.05, 0) is 69.9 Å². The lowest BCUT2D eigenvalue weighted by molar-refractivity contribution is 0.174. The molecule has 3 rings (SSSR count). The third-order valence-corrected chi connectivity index (χ3v) is 4.39. The van der Waals surface area contributed by atoms with Gasteiger partial charge in [0.1, 0.15) is 0 Å². The highest BCUT2D eigenvalue weighted by Gasteiger charge is 2.25. The molecule has 2 aliphatic rings. The Morgan fingerprint density at radius 1 is 1.20 bits per heavy atom. The average molecular weight is 276 g/mol. The first-order valence-corrected chi connectivity index (χ1v) is 7.51. The summed E-state index contributed by atoms with van der Waals surface area (Å²) >= 11 is 0. The second-order valence-corrected chi connectivity index (χ2v) is 6.27. The SMILES string of the molecule is CC(C)(NCC1CCNCC1)c1ccc2c(c1)OCO2. The van der Waals surface area contributed by atoms with Crippen molar-refractivity contribution in [3.05, 3.63) is 23.8 Å². The number of fused-ring (bicyclic) bond motifs is 1. The summed E-state index contributed by atoms with van der Waals surface area (Å²) < 4.78 is 10.8. The Balaban J connectivity index is 1.64. The van der Waals surface area contributed by atoms with E-state index in [2.05, 4.69) is 36.6 Å². The van der Waals surface area contributed by atoms with Gasteiger partial charge in [0.2, 0.25) is 6.79 Å². The highest BCUT2D eigenvalue weighted by molar-refractivity contribution is 5.46. The molecule has 4 nitrogen and oxygen atoms in total. The second kappa shape index (κ2) is 5.62. The highest BCUT2D eigenvalue weighted by Crippen LogP contribution is 2.35. The lowest BCUT2D eigenvalue weighted by atomic mass is 9.91. The summed E-state index contributed by atoms with van der Waals surface area (Å²) in [4.78, 5) is 0. The van der Waals surface area contributed by atoms with Crippen LogP contribution in [0.3, 0.4) is 0 Å². The van der Waals surface area contributed by atoms with Crippen molar-refractivity contribution in [2.45, 2.75) is 32.2 Å². The molecule has 0 aromatic heterocycles. The summed E-state index contributed by atoms with van der Waals surface area (Å²) in [5.41, 5.74) is 1.20. The predicted molar refractivity (Wildman–Crippen MR) is 79.2 cm³/mol. The van der Waals surface area contributed by atoms with Gasteiger partial charge >= 0.3 is 0 Å². The highest BCUT2D eigenvalue weighted by atomic mass is 16.7. The summed E-state index contributed by atoms with van der Waals surface area (Å²) in [7, 11) is 0. The first-order valence-electron chi connectivity index (χ1n) is 7.51. The van der Waals surface area contributed by atoms with Crippen LogP contribution < -0.4 is 20.1 Å². The fourth-order valence-corrected chi connectivity index (χ4v) is 2.87. The molecule has 1 aromatic rings. The van der Waals surface area contributed by atoms with Crippen LogP contribution in [-0.4, -0.2) is 26.4 Å². The van der Waals surface area contributed by atoms with Crippen LogP contribution in [0.25, 0.3) is 0 Å². The van der Waals surface area contributed by atoms with E-state index in [-0.39, 0.29) is 5.54 Å². The molecule has 1 fully saturated rings. The van der Waals surface area contributed by atoms with E-state index < -0.39 is 0 Å². The maximum absolute atomic E-state index is 5.47. The lowest BCUT2D eigenvalue weighted by Crippen LogP contribution is -2.42. The van der Waals surface area contributed by atoms with Gasteiger partial charge in [-0.25, -0.2) is 0 Å². The predicted octanol–water partition coefficient (Wildman–Crippen LogP) is 2.24. The van der Waals surface area contributed by atoms with Crippen LogP contribution in [0.15, 0.2) is 18.2 Å². The van der Waals surface area contributed by atoms with Gasteiger partial charge in [-0.2, -0.15) is 0 Å². The largest absolute Gasteiger partial charge is 0.454 e.